The normalized spacial score (nSPS) is 12.3. The van der Waals surface area contributed by atoms with Crippen LogP contribution in [0.5, 0.6) is 5.88 Å². The fraction of sp³-hybridized carbons (Fsp3) is 0.474. The Morgan fingerprint density at radius 1 is 1.15 bits per heavy atom. The Morgan fingerprint density at radius 3 is 2.50 bits per heavy atom. The van der Waals surface area contributed by atoms with Gasteiger partial charge in [0.05, 0.1) is 18.5 Å². The Hall–Kier alpha value is -1.63. The fourth-order valence-corrected chi connectivity index (χ4v) is 3.43. The van der Waals surface area contributed by atoms with Gasteiger partial charge in [-0.25, -0.2) is 4.98 Å². The number of rotatable bonds is 6. The lowest BCUT2D eigenvalue weighted by molar-refractivity contribution is 0.199. The predicted molar refractivity (Wildman–Crippen MR) is 110 cm³/mol. The van der Waals surface area contributed by atoms with Crippen LogP contribution < -0.4 is 10.5 Å². The molecule has 0 spiro atoms. The first-order chi connectivity index (χ1) is 12.0. The number of aromatic nitrogens is 2. The summed E-state index contributed by atoms with van der Waals surface area (Å²) in [5.74, 6) is 0.466. The van der Waals surface area contributed by atoms with Crippen LogP contribution in [0, 0.1) is 6.92 Å². The van der Waals surface area contributed by atoms with E-state index in [0.29, 0.717) is 29.9 Å². The Bertz CT molecular complexity index is 776. The molecule has 2 aromatic rings. The second-order valence-electron chi connectivity index (χ2n) is 7.88. The summed E-state index contributed by atoms with van der Waals surface area (Å²) < 4.78 is 11.9. The van der Waals surface area contributed by atoms with Crippen molar-refractivity contribution in [1.82, 2.24) is 9.97 Å². The maximum Gasteiger partial charge on any atom is 0.215 e. The molecule has 0 saturated carbocycles. The van der Waals surface area contributed by atoms with E-state index >= 15 is 0 Å². The predicted octanol–water partition coefficient (Wildman–Crippen LogP) is 5.09. The van der Waals surface area contributed by atoms with Crippen LogP contribution >= 0.6 is 11.6 Å². The van der Waals surface area contributed by atoms with Gasteiger partial charge in [-0.1, -0.05) is 32.4 Å². The molecule has 7 heteroatoms. The summed E-state index contributed by atoms with van der Waals surface area (Å²) in [5.41, 5.74) is 9.12. The molecular weight excluding hydrogens is 366 g/mol. The van der Waals surface area contributed by atoms with E-state index in [2.05, 4.69) is 43.8 Å². The topological polar surface area (TPSA) is 70.3 Å². The number of aryl methyl sites for hydroxylation is 1. The van der Waals surface area contributed by atoms with Gasteiger partial charge < -0.3 is 14.9 Å². The van der Waals surface area contributed by atoms with Crippen LogP contribution in [0.15, 0.2) is 24.4 Å². The molecule has 0 fully saturated rings. The van der Waals surface area contributed by atoms with Crippen molar-refractivity contribution in [3.63, 3.8) is 0 Å². The van der Waals surface area contributed by atoms with Crippen LogP contribution in [0.25, 0.3) is 11.1 Å². The zero-order valence-corrected chi connectivity index (χ0v) is 18.1. The minimum Gasteiger partial charge on any atom is -0.475 e. The molecule has 0 unspecified atom stereocenters. The summed E-state index contributed by atoms with van der Waals surface area (Å²) >= 11 is 6.17. The molecule has 5 nitrogen and oxygen atoms in total. The minimum absolute atomic E-state index is 0.173. The van der Waals surface area contributed by atoms with E-state index in [0.717, 1.165) is 16.8 Å². The van der Waals surface area contributed by atoms with Crippen molar-refractivity contribution < 1.29 is 9.16 Å². The summed E-state index contributed by atoms with van der Waals surface area (Å²) in [5, 5.41) is 0.538. The van der Waals surface area contributed by atoms with Gasteiger partial charge in [-0.3, -0.25) is 4.98 Å². The van der Waals surface area contributed by atoms with Crippen molar-refractivity contribution in [3.8, 4) is 17.0 Å². The van der Waals surface area contributed by atoms with Gasteiger partial charge in [-0.2, -0.15) is 0 Å². The van der Waals surface area contributed by atoms with E-state index in [1.54, 1.807) is 12.3 Å². The highest BCUT2D eigenvalue weighted by Crippen LogP contribution is 2.36. The molecule has 142 valence electrons. The average Bonchev–Trinajstić information content (AvgIpc) is 2.52. The third-order valence-electron chi connectivity index (χ3n) is 4.79. The zero-order valence-electron chi connectivity index (χ0n) is 16.4. The molecule has 26 heavy (non-hydrogen) atoms. The van der Waals surface area contributed by atoms with Gasteiger partial charge in [-0.15, -0.1) is 0 Å². The molecular formula is C19H28ClN3O2Si. The second kappa shape index (κ2) is 7.94. The van der Waals surface area contributed by atoms with Crippen LogP contribution in [0.2, 0.25) is 23.3 Å². The SMILES string of the molecule is Cc1ncc(N)cc1-c1cc(Cl)nc(OCCO[Si](C)(C)C(C)(C)C)c1. The molecule has 0 aliphatic carbocycles. The van der Waals surface area contributed by atoms with Gasteiger partial charge in [0.25, 0.3) is 0 Å². The molecule has 0 aromatic carbocycles. The first-order valence-corrected chi connectivity index (χ1v) is 11.9. The lowest BCUT2D eigenvalue weighted by Gasteiger charge is -2.36. The molecule has 0 saturated heterocycles. The second-order valence-corrected chi connectivity index (χ2v) is 13.1. The Morgan fingerprint density at radius 2 is 1.85 bits per heavy atom. The summed E-state index contributed by atoms with van der Waals surface area (Å²) in [4.78, 5) is 8.54. The number of hydrogen-bond acceptors (Lipinski definition) is 5. The highest BCUT2D eigenvalue weighted by molar-refractivity contribution is 6.74. The van der Waals surface area contributed by atoms with E-state index in [4.69, 9.17) is 26.5 Å². The molecule has 0 amide bonds. The molecule has 0 aliphatic heterocycles. The number of ether oxygens (including phenoxy) is 1. The minimum atomic E-state index is -1.78. The molecule has 0 radical (unpaired) electrons. The van der Waals surface area contributed by atoms with Crippen LogP contribution in [-0.2, 0) is 4.43 Å². The maximum absolute atomic E-state index is 6.17. The van der Waals surface area contributed by atoms with E-state index in [1.165, 1.54) is 0 Å². The van der Waals surface area contributed by atoms with Crippen LogP contribution in [0.4, 0.5) is 5.69 Å². The average molecular weight is 394 g/mol. The molecule has 2 heterocycles. The van der Waals surface area contributed by atoms with Gasteiger partial charge in [0, 0.05) is 17.3 Å². The Labute approximate surface area is 162 Å². The number of pyridine rings is 2. The number of hydrogen-bond donors (Lipinski definition) is 1. The third-order valence-corrected chi connectivity index (χ3v) is 9.52. The number of nitrogen functional groups attached to an aromatic ring is 1. The van der Waals surface area contributed by atoms with Gasteiger partial charge in [0.15, 0.2) is 8.32 Å². The highest BCUT2D eigenvalue weighted by atomic mass is 35.5. The first kappa shape index (κ1) is 20.7. The molecule has 0 bridgehead atoms. The van der Waals surface area contributed by atoms with E-state index < -0.39 is 8.32 Å². The van der Waals surface area contributed by atoms with Crippen molar-refractivity contribution in [1.29, 1.82) is 0 Å². The fourth-order valence-electron chi connectivity index (χ4n) is 2.20. The summed E-state index contributed by atoms with van der Waals surface area (Å²) in [7, 11) is -1.78. The van der Waals surface area contributed by atoms with Gasteiger partial charge >= 0.3 is 0 Å². The lowest BCUT2D eigenvalue weighted by atomic mass is 10.1. The lowest BCUT2D eigenvalue weighted by Crippen LogP contribution is -2.41. The monoisotopic (exact) mass is 393 g/mol. The van der Waals surface area contributed by atoms with Gasteiger partial charge in [0.2, 0.25) is 5.88 Å². The molecule has 2 rings (SSSR count). The van der Waals surface area contributed by atoms with Crippen molar-refractivity contribution >= 4 is 25.6 Å². The van der Waals surface area contributed by atoms with E-state index in [-0.39, 0.29) is 5.04 Å². The Kier molecular flexibility index (Phi) is 6.32. The van der Waals surface area contributed by atoms with Crippen LogP contribution in [0.1, 0.15) is 26.5 Å². The van der Waals surface area contributed by atoms with Crippen LogP contribution in [0.3, 0.4) is 0 Å². The molecule has 2 N–H and O–H groups in total. The number of halogens is 1. The maximum atomic E-state index is 6.17. The highest BCUT2D eigenvalue weighted by Gasteiger charge is 2.36. The Balaban J connectivity index is 2.08. The van der Waals surface area contributed by atoms with Crippen molar-refractivity contribution in [2.75, 3.05) is 18.9 Å². The smallest absolute Gasteiger partial charge is 0.215 e. The quantitative estimate of drug-likeness (QED) is 0.420. The number of nitrogens with two attached hydrogens (primary N) is 1. The summed E-state index contributed by atoms with van der Waals surface area (Å²) in [6.07, 6.45) is 1.64. The van der Waals surface area contributed by atoms with Crippen molar-refractivity contribution in [2.24, 2.45) is 0 Å². The summed E-state index contributed by atoms with van der Waals surface area (Å²) in [6, 6.07) is 5.50. The van der Waals surface area contributed by atoms with Gasteiger partial charge in [-0.05, 0) is 42.8 Å². The van der Waals surface area contributed by atoms with Gasteiger partial charge in [0.1, 0.15) is 11.8 Å². The standard InChI is InChI=1S/C19H28ClN3O2Si/c1-13-16(11-15(21)12-22-13)14-9-17(20)23-18(10-14)24-7-8-25-26(5,6)19(2,3)4/h9-12H,7-8,21H2,1-6H3. The number of nitrogens with zero attached hydrogens (tertiary/aromatic N) is 2. The molecule has 2 aromatic heterocycles. The first-order valence-electron chi connectivity index (χ1n) is 8.66. The summed E-state index contributed by atoms with van der Waals surface area (Å²) in [6.45, 7) is 14.0. The van der Waals surface area contributed by atoms with E-state index in [9.17, 15) is 0 Å². The van der Waals surface area contributed by atoms with Crippen molar-refractivity contribution in [2.45, 2.75) is 45.8 Å². The number of anilines is 1. The third kappa shape index (κ3) is 5.19. The molecule has 0 atom stereocenters. The molecule has 0 aliphatic rings. The van der Waals surface area contributed by atoms with Crippen molar-refractivity contribution in [3.05, 3.63) is 35.2 Å². The largest absolute Gasteiger partial charge is 0.475 e. The van der Waals surface area contributed by atoms with Crippen LogP contribution in [-0.4, -0.2) is 31.5 Å². The van der Waals surface area contributed by atoms with E-state index in [1.807, 2.05) is 19.1 Å². The zero-order chi connectivity index (χ0) is 19.5.